The molecule has 0 atom stereocenters. The van der Waals surface area contributed by atoms with Crippen molar-refractivity contribution < 1.29 is 4.79 Å². The van der Waals surface area contributed by atoms with E-state index in [1.165, 1.54) is 0 Å². The molecular weight excluding hydrogens is 308 g/mol. The van der Waals surface area contributed by atoms with Gasteiger partial charge in [0.25, 0.3) is 5.91 Å². The molecule has 7 heteroatoms. The van der Waals surface area contributed by atoms with Crippen molar-refractivity contribution in [2.75, 3.05) is 18.4 Å². The Balaban J connectivity index is 1.93. The summed E-state index contributed by atoms with van der Waals surface area (Å²) in [5.41, 5.74) is 1.51. The highest BCUT2D eigenvalue weighted by Gasteiger charge is 2.09. The van der Waals surface area contributed by atoms with Gasteiger partial charge in [-0.05, 0) is 26.0 Å². The van der Waals surface area contributed by atoms with Crippen LogP contribution in [0.2, 0.25) is 5.15 Å². The Morgan fingerprint density at radius 1 is 1.38 bits per heavy atom. The molecule has 0 bridgehead atoms. The molecule has 2 rings (SSSR count). The highest BCUT2D eigenvalue weighted by molar-refractivity contribution is 7.09. The molecule has 0 aliphatic heterocycles. The standard InChI is InChI=1S/C14H17ClN4OS/c1-3-16-12-7-10(6-11(15)19-12)14(20)17-5-4-13-18-9(2)8-21-13/h6-8H,3-5H2,1-2H3,(H,16,19)(H,17,20). The van der Waals surface area contributed by atoms with Crippen molar-refractivity contribution in [1.29, 1.82) is 0 Å². The molecule has 0 fully saturated rings. The van der Waals surface area contributed by atoms with Gasteiger partial charge in [0.05, 0.1) is 5.01 Å². The van der Waals surface area contributed by atoms with Crippen molar-refractivity contribution in [3.63, 3.8) is 0 Å². The first-order valence-electron chi connectivity index (χ1n) is 6.69. The summed E-state index contributed by atoms with van der Waals surface area (Å²) in [5, 5.41) is 9.24. The molecule has 2 heterocycles. The number of pyridine rings is 1. The molecule has 2 N–H and O–H groups in total. The molecule has 112 valence electrons. The molecule has 0 spiro atoms. The van der Waals surface area contributed by atoms with E-state index in [-0.39, 0.29) is 5.91 Å². The van der Waals surface area contributed by atoms with Gasteiger partial charge in [0.2, 0.25) is 0 Å². The van der Waals surface area contributed by atoms with Crippen LogP contribution in [0, 0.1) is 6.92 Å². The van der Waals surface area contributed by atoms with Crippen LogP contribution in [-0.4, -0.2) is 29.0 Å². The number of rotatable bonds is 6. The maximum absolute atomic E-state index is 12.1. The Labute approximate surface area is 132 Å². The molecule has 0 aromatic carbocycles. The van der Waals surface area contributed by atoms with Crippen LogP contribution in [0.3, 0.4) is 0 Å². The smallest absolute Gasteiger partial charge is 0.251 e. The summed E-state index contributed by atoms with van der Waals surface area (Å²) in [6.45, 7) is 5.18. The molecule has 0 aliphatic rings. The Morgan fingerprint density at radius 2 is 2.19 bits per heavy atom. The molecule has 0 unspecified atom stereocenters. The van der Waals surface area contributed by atoms with Gasteiger partial charge in [-0.3, -0.25) is 4.79 Å². The zero-order valence-corrected chi connectivity index (χ0v) is 13.5. The molecular formula is C14H17ClN4OS. The highest BCUT2D eigenvalue weighted by atomic mass is 35.5. The molecule has 0 aliphatic carbocycles. The number of aromatic nitrogens is 2. The van der Waals surface area contributed by atoms with Gasteiger partial charge in [-0.2, -0.15) is 0 Å². The van der Waals surface area contributed by atoms with E-state index in [0.717, 1.165) is 23.7 Å². The summed E-state index contributed by atoms with van der Waals surface area (Å²) < 4.78 is 0. The number of nitrogens with zero attached hydrogens (tertiary/aromatic N) is 2. The van der Waals surface area contributed by atoms with E-state index in [1.54, 1.807) is 23.5 Å². The quantitative estimate of drug-likeness (QED) is 0.802. The Hall–Kier alpha value is -1.66. The predicted molar refractivity (Wildman–Crippen MR) is 86.3 cm³/mol. The Kier molecular flexibility index (Phi) is 5.52. The van der Waals surface area contributed by atoms with E-state index in [2.05, 4.69) is 20.6 Å². The fourth-order valence-corrected chi connectivity index (χ4v) is 2.79. The lowest BCUT2D eigenvalue weighted by molar-refractivity contribution is 0.0954. The minimum absolute atomic E-state index is 0.160. The number of thiazole rings is 1. The monoisotopic (exact) mass is 324 g/mol. The van der Waals surface area contributed by atoms with Gasteiger partial charge >= 0.3 is 0 Å². The third-order valence-electron chi connectivity index (χ3n) is 2.71. The Bertz CT molecular complexity index is 629. The van der Waals surface area contributed by atoms with Crippen molar-refractivity contribution in [1.82, 2.24) is 15.3 Å². The zero-order chi connectivity index (χ0) is 15.2. The van der Waals surface area contributed by atoms with Crippen LogP contribution in [0.4, 0.5) is 5.82 Å². The van der Waals surface area contributed by atoms with Crippen LogP contribution in [0.25, 0.3) is 0 Å². The van der Waals surface area contributed by atoms with Crippen molar-refractivity contribution in [3.05, 3.63) is 38.9 Å². The number of carbonyl (C=O) groups is 1. The van der Waals surface area contributed by atoms with Gasteiger partial charge < -0.3 is 10.6 Å². The molecule has 21 heavy (non-hydrogen) atoms. The normalized spacial score (nSPS) is 10.4. The molecule has 0 saturated carbocycles. The molecule has 0 radical (unpaired) electrons. The lowest BCUT2D eigenvalue weighted by Gasteiger charge is -2.07. The van der Waals surface area contributed by atoms with Crippen molar-refractivity contribution in [2.24, 2.45) is 0 Å². The SMILES string of the molecule is CCNc1cc(C(=O)NCCc2nc(C)cs2)cc(Cl)n1. The van der Waals surface area contributed by atoms with Gasteiger partial charge in [-0.15, -0.1) is 11.3 Å². The second-order valence-electron chi connectivity index (χ2n) is 4.48. The van der Waals surface area contributed by atoms with Crippen LogP contribution >= 0.6 is 22.9 Å². The summed E-state index contributed by atoms with van der Waals surface area (Å²) in [6.07, 6.45) is 0.725. The number of aryl methyl sites for hydroxylation is 1. The van der Waals surface area contributed by atoms with Crippen LogP contribution in [0.5, 0.6) is 0 Å². The average molecular weight is 325 g/mol. The Morgan fingerprint density at radius 3 is 2.86 bits per heavy atom. The summed E-state index contributed by atoms with van der Waals surface area (Å²) in [7, 11) is 0. The maximum atomic E-state index is 12.1. The second kappa shape index (κ2) is 7.38. The first kappa shape index (κ1) is 15.7. The van der Waals surface area contributed by atoms with E-state index in [4.69, 9.17) is 11.6 Å². The lowest BCUT2D eigenvalue weighted by Crippen LogP contribution is -2.25. The fraction of sp³-hybridized carbons (Fsp3) is 0.357. The summed E-state index contributed by atoms with van der Waals surface area (Å²) >= 11 is 7.53. The van der Waals surface area contributed by atoms with E-state index in [9.17, 15) is 4.79 Å². The minimum Gasteiger partial charge on any atom is -0.370 e. The number of hydrogen-bond acceptors (Lipinski definition) is 5. The van der Waals surface area contributed by atoms with E-state index < -0.39 is 0 Å². The van der Waals surface area contributed by atoms with E-state index >= 15 is 0 Å². The topological polar surface area (TPSA) is 66.9 Å². The van der Waals surface area contributed by atoms with Crippen LogP contribution in [-0.2, 0) is 6.42 Å². The van der Waals surface area contributed by atoms with Gasteiger partial charge in [0, 0.05) is 36.1 Å². The summed E-state index contributed by atoms with van der Waals surface area (Å²) in [5.74, 6) is 0.442. The second-order valence-corrected chi connectivity index (χ2v) is 5.81. The highest BCUT2D eigenvalue weighted by Crippen LogP contribution is 2.14. The third kappa shape index (κ3) is 4.68. The van der Waals surface area contributed by atoms with Crippen molar-refractivity contribution >= 4 is 34.7 Å². The minimum atomic E-state index is -0.160. The van der Waals surface area contributed by atoms with Crippen molar-refractivity contribution in [3.8, 4) is 0 Å². The van der Waals surface area contributed by atoms with E-state index in [1.807, 2.05) is 19.2 Å². The average Bonchev–Trinajstić information content (AvgIpc) is 2.84. The van der Waals surface area contributed by atoms with Gasteiger partial charge in [-0.25, -0.2) is 9.97 Å². The molecule has 5 nitrogen and oxygen atoms in total. The maximum Gasteiger partial charge on any atom is 0.251 e. The van der Waals surface area contributed by atoms with Gasteiger partial charge in [0.15, 0.2) is 0 Å². The molecule has 2 aromatic rings. The fourth-order valence-electron chi connectivity index (χ4n) is 1.80. The number of nitrogens with one attached hydrogen (secondary N) is 2. The number of halogens is 1. The van der Waals surface area contributed by atoms with Crippen LogP contribution < -0.4 is 10.6 Å². The molecule has 0 saturated heterocycles. The van der Waals surface area contributed by atoms with Crippen LogP contribution in [0.15, 0.2) is 17.5 Å². The summed E-state index contributed by atoms with van der Waals surface area (Å²) in [4.78, 5) is 20.6. The zero-order valence-electron chi connectivity index (χ0n) is 11.9. The third-order valence-corrected chi connectivity index (χ3v) is 3.93. The number of amides is 1. The van der Waals surface area contributed by atoms with Crippen molar-refractivity contribution in [2.45, 2.75) is 20.3 Å². The number of anilines is 1. The van der Waals surface area contributed by atoms with Crippen LogP contribution in [0.1, 0.15) is 28.0 Å². The molecule has 2 aromatic heterocycles. The molecule has 1 amide bonds. The summed E-state index contributed by atoms with van der Waals surface area (Å²) in [6, 6.07) is 3.25. The predicted octanol–water partition coefficient (Wildman–Crippen LogP) is 2.90. The number of carbonyl (C=O) groups excluding carboxylic acids is 1. The lowest BCUT2D eigenvalue weighted by atomic mass is 10.2. The van der Waals surface area contributed by atoms with E-state index in [0.29, 0.717) is 23.1 Å². The number of hydrogen-bond donors (Lipinski definition) is 2. The first-order chi connectivity index (χ1) is 10.1. The van der Waals surface area contributed by atoms with Gasteiger partial charge in [-0.1, -0.05) is 11.6 Å². The van der Waals surface area contributed by atoms with Gasteiger partial charge in [0.1, 0.15) is 11.0 Å². The first-order valence-corrected chi connectivity index (χ1v) is 7.95. The largest absolute Gasteiger partial charge is 0.370 e.